The molecule has 0 aliphatic heterocycles. The fourth-order valence-electron chi connectivity index (χ4n) is 1.76. The second-order valence-corrected chi connectivity index (χ2v) is 5.94. The Morgan fingerprint density at radius 3 is 2.76 bits per heavy atom. The van der Waals surface area contributed by atoms with Crippen molar-refractivity contribution in [3.8, 4) is 16.0 Å². The first kappa shape index (κ1) is 12.3. The molecule has 2 heterocycles. The Morgan fingerprint density at radius 2 is 2.24 bits per heavy atom. The molecule has 0 amide bonds. The number of thiophene rings is 1. The van der Waals surface area contributed by atoms with Gasteiger partial charge in [-0.2, -0.15) is 5.26 Å². The van der Waals surface area contributed by atoms with Crippen molar-refractivity contribution in [1.29, 1.82) is 5.26 Å². The molecule has 1 unspecified atom stereocenters. The number of nitriles is 1. The van der Waals surface area contributed by atoms with Crippen molar-refractivity contribution < 1.29 is 0 Å². The number of hydrogen-bond donors (Lipinski definition) is 0. The number of hydrogen-bond acceptors (Lipinski definition) is 4. The van der Waals surface area contributed by atoms with E-state index in [1.54, 1.807) is 22.7 Å². The van der Waals surface area contributed by atoms with E-state index in [1.807, 2.05) is 13.8 Å². The summed E-state index contributed by atoms with van der Waals surface area (Å²) in [6, 6.07) is 4.47. The van der Waals surface area contributed by atoms with Gasteiger partial charge in [-0.1, -0.05) is 6.92 Å². The van der Waals surface area contributed by atoms with E-state index >= 15 is 0 Å². The maximum absolute atomic E-state index is 9.13. The van der Waals surface area contributed by atoms with E-state index in [1.165, 1.54) is 10.4 Å². The van der Waals surface area contributed by atoms with Gasteiger partial charge in [0.2, 0.25) is 0 Å². The van der Waals surface area contributed by atoms with E-state index in [0.717, 1.165) is 22.0 Å². The van der Waals surface area contributed by atoms with Gasteiger partial charge >= 0.3 is 0 Å². The highest BCUT2D eigenvalue weighted by Crippen LogP contribution is 2.37. The van der Waals surface area contributed by atoms with Crippen LogP contribution >= 0.6 is 22.7 Å². The molecule has 88 valence electrons. The molecule has 0 aliphatic rings. The van der Waals surface area contributed by atoms with Crippen molar-refractivity contribution >= 4 is 22.7 Å². The standard InChI is InChI=1S/C13H14N2S2/c1-4-10(7-14)12-9(3)15-13(17-12)11-8(2)5-6-16-11/h5-6,10H,4H2,1-3H3. The number of aromatic nitrogens is 1. The maximum atomic E-state index is 9.13. The van der Waals surface area contributed by atoms with Gasteiger partial charge in [-0.05, 0) is 37.3 Å². The fraction of sp³-hybridized carbons (Fsp3) is 0.385. The summed E-state index contributed by atoms with van der Waals surface area (Å²) < 4.78 is 0. The molecule has 17 heavy (non-hydrogen) atoms. The Labute approximate surface area is 110 Å². The zero-order valence-corrected chi connectivity index (χ0v) is 11.8. The number of aryl methyl sites for hydroxylation is 2. The molecule has 0 aliphatic carbocycles. The zero-order valence-electron chi connectivity index (χ0n) is 10.2. The molecule has 1 atom stereocenters. The first-order valence-corrected chi connectivity index (χ1v) is 7.28. The van der Waals surface area contributed by atoms with Crippen LogP contribution < -0.4 is 0 Å². The van der Waals surface area contributed by atoms with Crippen molar-refractivity contribution in [2.24, 2.45) is 0 Å². The van der Waals surface area contributed by atoms with Crippen LogP contribution in [0.15, 0.2) is 11.4 Å². The summed E-state index contributed by atoms with van der Waals surface area (Å²) in [5.41, 5.74) is 2.27. The minimum absolute atomic E-state index is 0.0125. The van der Waals surface area contributed by atoms with Gasteiger partial charge < -0.3 is 0 Å². The Bertz CT molecular complexity index is 560. The second kappa shape index (κ2) is 4.99. The highest BCUT2D eigenvalue weighted by atomic mass is 32.1. The van der Waals surface area contributed by atoms with Crippen LogP contribution in [0.5, 0.6) is 0 Å². The molecule has 0 radical (unpaired) electrons. The van der Waals surface area contributed by atoms with Gasteiger partial charge in [0.05, 0.1) is 22.6 Å². The summed E-state index contributed by atoms with van der Waals surface area (Å²) in [6.45, 7) is 6.14. The van der Waals surface area contributed by atoms with Crippen molar-refractivity contribution in [3.63, 3.8) is 0 Å². The molecule has 0 aromatic carbocycles. The minimum Gasteiger partial charge on any atom is -0.240 e. The van der Waals surface area contributed by atoms with Gasteiger partial charge in [0.25, 0.3) is 0 Å². The number of thiazole rings is 1. The molecule has 4 heteroatoms. The largest absolute Gasteiger partial charge is 0.240 e. The highest BCUT2D eigenvalue weighted by molar-refractivity contribution is 7.21. The molecular weight excluding hydrogens is 248 g/mol. The van der Waals surface area contributed by atoms with Gasteiger partial charge in [0.1, 0.15) is 5.01 Å². The molecule has 2 aromatic heterocycles. The van der Waals surface area contributed by atoms with Crippen LogP contribution in [0.25, 0.3) is 9.88 Å². The van der Waals surface area contributed by atoms with Crippen LogP contribution in [0.2, 0.25) is 0 Å². The summed E-state index contributed by atoms with van der Waals surface area (Å²) in [7, 11) is 0. The van der Waals surface area contributed by atoms with Gasteiger partial charge in [-0.25, -0.2) is 4.98 Å². The molecule has 2 nitrogen and oxygen atoms in total. The molecule has 0 fully saturated rings. The molecule has 2 aromatic rings. The maximum Gasteiger partial charge on any atom is 0.134 e. The summed E-state index contributed by atoms with van der Waals surface area (Å²) >= 11 is 3.38. The summed E-state index contributed by atoms with van der Waals surface area (Å²) in [5.74, 6) is -0.0125. The minimum atomic E-state index is -0.0125. The molecule has 0 saturated carbocycles. The Balaban J connectivity index is 2.44. The highest BCUT2D eigenvalue weighted by Gasteiger charge is 2.18. The fourth-order valence-corrected chi connectivity index (χ4v) is 4.03. The van der Waals surface area contributed by atoms with E-state index in [4.69, 9.17) is 5.26 Å². The van der Waals surface area contributed by atoms with Crippen molar-refractivity contribution in [2.45, 2.75) is 33.1 Å². The normalized spacial score (nSPS) is 12.4. The first-order chi connectivity index (χ1) is 8.17. The average molecular weight is 262 g/mol. The molecule has 0 bridgehead atoms. The van der Waals surface area contributed by atoms with E-state index in [2.05, 4.69) is 29.4 Å². The van der Waals surface area contributed by atoms with Gasteiger partial charge in [0, 0.05) is 4.88 Å². The zero-order chi connectivity index (χ0) is 12.4. The quantitative estimate of drug-likeness (QED) is 0.816. The van der Waals surface area contributed by atoms with Crippen LogP contribution in [-0.4, -0.2) is 4.98 Å². The van der Waals surface area contributed by atoms with E-state index in [0.29, 0.717) is 0 Å². The van der Waals surface area contributed by atoms with E-state index in [-0.39, 0.29) is 5.92 Å². The third-order valence-electron chi connectivity index (χ3n) is 2.77. The van der Waals surface area contributed by atoms with Gasteiger partial charge in [0.15, 0.2) is 0 Å². The lowest BCUT2D eigenvalue weighted by Crippen LogP contribution is -1.92. The summed E-state index contributed by atoms with van der Waals surface area (Å²) in [6.07, 6.45) is 0.850. The number of nitrogens with zero attached hydrogens (tertiary/aromatic N) is 2. The topological polar surface area (TPSA) is 36.7 Å². The lowest BCUT2D eigenvalue weighted by atomic mass is 10.1. The van der Waals surface area contributed by atoms with Crippen LogP contribution in [0.4, 0.5) is 0 Å². The Morgan fingerprint density at radius 1 is 1.47 bits per heavy atom. The van der Waals surface area contributed by atoms with Gasteiger partial charge in [-0.15, -0.1) is 22.7 Å². The number of rotatable bonds is 3. The molecule has 0 spiro atoms. The first-order valence-electron chi connectivity index (χ1n) is 5.58. The van der Waals surface area contributed by atoms with Crippen molar-refractivity contribution in [1.82, 2.24) is 4.98 Å². The molecule has 2 rings (SSSR count). The van der Waals surface area contributed by atoms with Crippen LogP contribution in [0.1, 0.15) is 35.4 Å². The Hall–Kier alpha value is -1.18. The van der Waals surface area contributed by atoms with Crippen LogP contribution in [-0.2, 0) is 0 Å². The third kappa shape index (κ3) is 2.26. The van der Waals surface area contributed by atoms with E-state index in [9.17, 15) is 0 Å². The lowest BCUT2D eigenvalue weighted by molar-refractivity contribution is 0.824. The van der Waals surface area contributed by atoms with E-state index < -0.39 is 0 Å². The van der Waals surface area contributed by atoms with Crippen LogP contribution in [0.3, 0.4) is 0 Å². The molecular formula is C13H14N2S2. The summed E-state index contributed by atoms with van der Waals surface area (Å²) in [5, 5.41) is 12.3. The summed E-state index contributed by atoms with van der Waals surface area (Å²) in [4.78, 5) is 6.96. The monoisotopic (exact) mass is 262 g/mol. The van der Waals surface area contributed by atoms with Crippen LogP contribution in [0, 0.1) is 25.2 Å². The molecule has 0 N–H and O–H groups in total. The second-order valence-electron chi connectivity index (χ2n) is 3.99. The lowest BCUT2D eigenvalue weighted by Gasteiger charge is -2.01. The Kier molecular flexibility index (Phi) is 3.60. The predicted octanol–water partition coefficient (Wildman–Crippen LogP) is 4.51. The third-order valence-corrected chi connectivity index (χ3v) is 5.21. The van der Waals surface area contributed by atoms with Gasteiger partial charge in [-0.3, -0.25) is 0 Å². The SMILES string of the molecule is CCC(C#N)c1sc(-c2sccc2C)nc1C. The predicted molar refractivity (Wildman–Crippen MR) is 73.5 cm³/mol. The average Bonchev–Trinajstić information content (AvgIpc) is 2.88. The van der Waals surface area contributed by atoms with Crippen molar-refractivity contribution in [2.75, 3.05) is 0 Å². The smallest absolute Gasteiger partial charge is 0.134 e. The van der Waals surface area contributed by atoms with Crippen molar-refractivity contribution in [3.05, 3.63) is 27.6 Å². The molecule has 0 saturated heterocycles.